The molecule has 1 fully saturated rings. The van der Waals surface area contributed by atoms with E-state index in [1.807, 2.05) is 17.0 Å². The molecule has 0 spiro atoms. The SMILES string of the molecule is Cl.O=C(C1Cc2cc(Cl)ccc2O1)N1CCCNCC1. The maximum atomic E-state index is 12.4. The van der Waals surface area contributed by atoms with Crippen LogP contribution in [0.25, 0.3) is 0 Å². The average molecular weight is 317 g/mol. The van der Waals surface area contributed by atoms with Crippen molar-refractivity contribution in [1.29, 1.82) is 0 Å². The Morgan fingerprint density at radius 2 is 2.20 bits per heavy atom. The van der Waals surface area contributed by atoms with Gasteiger partial charge in [-0.2, -0.15) is 0 Å². The molecule has 1 saturated heterocycles. The lowest BCUT2D eigenvalue weighted by Gasteiger charge is -2.23. The summed E-state index contributed by atoms with van der Waals surface area (Å²) >= 11 is 5.96. The van der Waals surface area contributed by atoms with Gasteiger partial charge in [-0.25, -0.2) is 0 Å². The second-order valence-electron chi connectivity index (χ2n) is 4.99. The van der Waals surface area contributed by atoms with Crippen LogP contribution in [0.2, 0.25) is 5.02 Å². The number of benzene rings is 1. The van der Waals surface area contributed by atoms with Crippen molar-refractivity contribution in [2.24, 2.45) is 0 Å². The number of nitrogens with one attached hydrogen (secondary N) is 1. The van der Waals surface area contributed by atoms with Gasteiger partial charge < -0.3 is 15.0 Å². The molecule has 2 aliphatic rings. The molecular formula is C14H18Cl2N2O2. The Morgan fingerprint density at radius 3 is 3.05 bits per heavy atom. The maximum Gasteiger partial charge on any atom is 0.264 e. The van der Waals surface area contributed by atoms with Crippen molar-refractivity contribution in [3.63, 3.8) is 0 Å². The highest BCUT2D eigenvalue weighted by atomic mass is 35.5. The highest BCUT2D eigenvalue weighted by Gasteiger charge is 2.32. The Kier molecular flexibility index (Phi) is 5.13. The predicted molar refractivity (Wildman–Crippen MR) is 80.9 cm³/mol. The van der Waals surface area contributed by atoms with E-state index >= 15 is 0 Å². The molecule has 0 bridgehead atoms. The quantitative estimate of drug-likeness (QED) is 0.860. The Morgan fingerprint density at radius 1 is 1.35 bits per heavy atom. The van der Waals surface area contributed by atoms with Crippen LogP contribution in [0.15, 0.2) is 18.2 Å². The number of carbonyl (C=O) groups is 1. The van der Waals surface area contributed by atoms with E-state index in [4.69, 9.17) is 16.3 Å². The highest BCUT2D eigenvalue weighted by Crippen LogP contribution is 2.31. The predicted octanol–water partition coefficient (Wildman–Crippen LogP) is 1.89. The second kappa shape index (κ2) is 6.66. The third-order valence-corrected chi connectivity index (χ3v) is 3.86. The van der Waals surface area contributed by atoms with Crippen molar-refractivity contribution in [2.75, 3.05) is 26.2 Å². The smallest absolute Gasteiger partial charge is 0.264 e. The van der Waals surface area contributed by atoms with Crippen LogP contribution >= 0.6 is 24.0 Å². The largest absolute Gasteiger partial charge is 0.480 e. The Balaban J connectivity index is 0.00000147. The summed E-state index contributed by atoms with van der Waals surface area (Å²) in [5.74, 6) is 0.881. The minimum atomic E-state index is -0.383. The van der Waals surface area contributed by atoms with E-state index in [9.17, 15) is 4.79 Å². The van der Waals surface area contributed by atoms with Crippen LogP contribution in [0.3, 0.4) is 0 Å². The van der Waals surface area contributed by atoms with Gasteiger partial charge in [0.05, 0.1) is 0 Å². The summed E-state index contributed by atoms with van der Waals surface area (Å²) in [5.41, 5.74) is 1.03. The molecule has 20 heavy (non-hydrogen) atoms. The van der Waals surface area contributed by atoms with Crippen molar-refractivity contribution in [2.45, 2.75) is 18.9 Å². The number of fused-ring (bicyclic) bond motifs is 1. The molecule has 1 aromatic carbocycles. The first-order chi connectivity index (χ1) is 9.24. The van der Waals surface area contributed by atoms with Gasteiger partial charge in [-0.3, -0.25) is 4.79 Å². The third kappa shape index (κ3) is 3.19. The van der Waals surface area contributed by atoms with Gasteiger partial charge in [0.15, 0.2) is 6.10 Å². The van der Waals surface area contributed by atoms with Gasteiger partial charge in [0, 0.05) is 31.1 Å². The molecule has 0 aliphatic carbocycles. The molecule has 110 valence electrons. The number of hydrogen-bond acceptors (Lipinski definition) is 3. The van der Waals surface area contributed by atoms with Crippen molar-refractivity contribution >= 4 is 29.9 Å². The Bertz CT molecular complexity index is 488. The van der Waals surface area contributed by atoms with Crippen LogP contribution in [-0.2, 0) is 11.2 Å². The number of amides is 1. The van der Waals surface area contributed by atoms with E-state index in [1.165, 1.54) is 0 Å². The summed E-state index contributed by atoms with van der Waals surface area (Å²) < 4.78 is 5.75. The fourth-order valence-electron chi connectivity index (χ4n) is 2.62. The first-order valence-electron chi connectivity index (χ1n) is 6.68. The van der Waals surface area contributed by atoms with E-state index in [0.29, 0.717) is 11.4 Å². The fraction of sp³-hybridized carbons (Fsp3) is 0.500. The molecule has 2 aliphatic heterocycles. The summed E-state index contributed by atoms with van der Waals surface area (Å²) in [5, 5.41) is 3.98. The standard InChI is InChI=1S/C14H17ClN2O2.ClH/c15-11-2-3-12-10(8-11)9-13(19-12)14(18)17-6-1-4-16-5-7-17;/h2-3,8,13,16H,1,4-7,9H2;1H. The molecule has 1 amide bonds. The van der Waals surface area contributed by atoms with Crippen LogP contribution < -0.4 is 10.1 Å². The van der Waals surface area contributed by atoms with Crippen LogP contribution in [0.5, 0.6) is 5.75 Å². The third-order valence-electron chi connectivity index (χ3n) is 3.62. The number of carbonyl (C=O) groups excluding carboxylic acids is 1. The lowest BCUT2D eigenvalue weighted by atomic mass is 10.1. The molecule has 3 rings (SSSR count). The summed E-state index contributed by atoms with van der Waals surface area (Å²) in [6, 6.07) is 5.52. The zero-order valence-corrected chi connectivity index (χ0v) is 12.7. The van der Waals surface area contributed by atoms with Gasteiger partial charge in [0.1, 0.15) is 5.75 Å². The number of rotatable bonds is 1. The molecule has 0 radical (unpaired) electrons. The molecular weight excluding hydrogens is 299 g/mol. The Labute approximate surface area is 129 Å². The highest BCUT2D eigenvalue weighted by molar-refractivity contribution is 6.30. The van der Waals surface area contributed by atoms with Crippen molar-refractivity contribution < 1.29 is 9.53 Å². The van der Waals surface area contributed by atoms with Crippen LogP contribution in [0.4, 0.5) is 0 Å². The van der Waals surface area contributed by atoms with E-state index in [0.717, 1.165) is 43.9 Å². The molecule has 0 aromatic heterocycles. The fourth-order valence-corrected chi connectivity index (χ4v) is 2.82. The van der Waals surface area contributed by atoms with Gasteiger partial charge in [0.2, 0.25) is 0 Å². The zero-order valence-electron chi connectivity index (χ0n) is 11.1. The minimum absolute atomic E-state index is 0. The van der Waals surface area contributed by atoms with E-state index in [-0.39, 0.29) is 24.4 Å². The summed E-state index contributed by atoms with van der Waals surface area (Å²) in [6.45, 7) is 3.40. The van der Waals surface area contributed by atoms with Gasteiger partial charge in [-0.15, -0.1) is 12.4 Å². The number of ether oxygens (including phenoxy) is 1. The maximum absolute atomic E-state index is 12.4. The first-order valence-corrected chi connectivity index (χ1v) is 7.06. The van der Waals surface area contributed by atoms with E-state index < -0.39 is 0 Å². The lowest BCUT2D eigenvalue weighted by molar-refractivity contribution is -0.137. The number of nitrogens with zero attached hydrogens (tertiary/aromatic N) is 1. The molecule has 4 nitrogen and oxygen atoms in total. The molecule has 2 heterocycles. The van der Waals surface area contributed by atoms with E-state index in [2.05, 4.69) is 5.32 Å². The van der Waals surface area contributed by atoms with Gasteiger partial charge in [-0.1, -0.05) is 11.6 Å². The second-order valence-corrected chi connectivity index (χ2v) is 5.43. The summed E-state index contributed by atoms with van der Waals surface area (Å²) in [4.78, 5) is 14.3. The van der Waals surface area contributed by atoms with Crippen molar-refractivity contribution in [3.8, 4) is 5.75 Å². The monoisotopic (exact) mass is 316 g/mol. The molecule has 1 unspecified atom stereocenters. The average Bonchev–Trinajstić information content (AvgIpc) is 2.64. The van der Waals surface area contributed by atoms with E-state index in [1.54, 1.807) is 6.07 Å². The first kappa shape index (κ1) is 15.4. The van der Waals surface area contributed by atoms with Crippen LogP contribution in [0, 0.1) is 0 Å². The number of halogens is 2. The minimum Gasteiger partial charge on any atom is -0.480 e. The summed E-state index contributed by atoms with van der Waals surface area (Å²) in [7, 11) is 0. The Hall–Kier alpha value is -0.970. The molecule has 0 saturated carbocycles. The van der Waals surface area contributed by atoms with Crippen LogP contribution in [-0.4, -0.2) is 43.1 Å². The number of hydrogen-bond donors (Lipinski definition) is 1. The summed E-state index contributed by atoms with van der Waals surface area (Å²) in [6.07, 6.45) is 1.24. The lowest BCUT2D eigenvalue weighted by Crippen LogP contribution is -2.43. The normalized spacial score (nSPS) is 21.4. The molecule has 6 heteroatoms. The van der Waals surface area contributed by atoms with Crippen LogP contribution in [0.1, 0.15) is 12.0 Å². The van der Waals surface area contributed by atoms with Crippen molar-refractivity contribution in [3.05, 3.63) is 28.8 Å². The molecule has 1 N–H and O–H groups in total. The van der Waals surface area contributed by atoms with Gasteiger partial charge >= 0.3 is 0 Å². The molecule has 1 atom stereocenters. The van der Waals surface area contributed by atoms with Gasteiger partial charge in [0.25, 0.3) is 5.91 Å². The zero-order chi connectivity index (χ0) is 13.2. The van der Waals surface area contributed by atoms with Crippen molar-refractivity contribution in [1.82, 2.24) is 10.2 Å². The molecule has 1 aromatic rings. The van der Waals surface area contributed by atoms with Gasteiger partial charge in [-0.05, 0) is 36.7 Å². The topological polar surface area (TPSA) is 41.6 Å².